The molecule has 4 heteroatoms. The third kappa shape index (κ3) is 3.37. The summed E-state index contributed by atoms with van der Waals surface area (Å²) in [4.78, 5) is 7.86. The molecule has 0 radical (unpaired) electrons. The molecule has 0 aliphatic carbocycles. The van der Waals surface area contributed by atoms with Crippen molar-refractivity contribution in [2.75, 3.05) is 19.0 Å². The van der Waals surface area contributed by atoms with Crippen molar-refractivity contribution >= 4 is 34.1 Å². The molecule has 0 unspecified atom stereocenters. The van der Waals surface area contributed by atoms with Crippen molar-refractivity contribution in [3.63, 3.8) is 0 Å². The van der Waals surface area contributed by atoms with Gasteiger partial charge in [-0.2, -0.15) is 4.40 Å². The van der Waals surface area contributed by atoms with E-state index in [4.69, 9.17) is 4.98 Å². The predicted molar refractivity (Wildman–Crippen MR) is 110 cm³/mol. The van der Waals surface area contributed by atoms with Crippen LogP contribution in [0.3, 0.4) is 0 Å². The SMILES string of the molecule is CN(C)c1ccc(/C=C/c2cc(-c3ccccc3)[n+]3ccsc3n2)cc1. The number of aromatic nitrogens is 2. The number of anilines is 1. The molecule has 0 aliphatic rings. The Hall–Kier alpha value is -2.98. The molecule has 3 nitrogen and oxygen atoms in total. The molecule has 0 aliphatic heterocycles. The molecule has 4 rings (SSSR count). The average Bonchev–Trinajstić information content (AvgIpc) is 3.15. The number of nitrogens with zero attached hydrogens (tertiary/aromatic N) is 3. The maximum atomic E-state index is 4.77. The lowest BCUT2D eigenvalue weighted by molar-refractivity contribution is -0.497. The van der Waals surface area contributed by atoms with Gasteiger partial charge in [-0.3, -0.25) is 0 Å². The summed E-state index contributed by atoms with van der Waals surface area (Å²) in [6, 6.07) is 21.1. The Kier molecular flexibility index (Phi) is 4.50. The van der Waals surface area contributed by atoms with Gasteiger partial charge in [0.2, 0.25) is 0 Å². The molecule has 2 aromatic carbocycles. The van der Waals surface area contributed by atoms with Gasteiger partial charge in [-0.25, -0.2) is 0 Å². The normalized spacial score (nSPS) is 11.3. The molecule has 0 fully saturated rings. The van der Waals surface area contributed by atoms with Gasteiger partial charge < -0.3 is 4.90 Å². The molecule has 0 spiro atoms. The van der Waals surface area contributed by atoms with Crippen LogP contribution in [0.4, 0.5) is 5.69 Å². The predicted octanol–water partition coefficient (Wildman–Crippen LogP) is 4.79. The Balaban J connectivity index is 1.71. The molecular weight excluding hydrogens is 338 g/mol. The maximum Gasteiger partial charge on any atom is 0.387 e. The van der Waals surface area contributed by atoms with Crippen LogP contribution in [0.25, 0.3) is 28.4 Å². The zero-order chi connectivity index (χ0) is 17.9. The van der Waals surface area contributed by atoms with E-state index in [1.54, 1.807) is 11.3 Å². The Labute approximate surface area is 157 Å². The van der Waals surface area contributed by atoms with E-state index in [1.165, 1.54) is 11.3 Å². The van der Waals surface area contributed by atoms with Crippen LogP contribution in [-0.4, -0.2) is 19.1 Å². The van der Waals surface area contributed by atoms with Gasteiger partial charge in [0.1, 0.15) is 11.9 Å². The molecular formula is C22H20N3S+. The van der Waals surface area contributed by atoms with Gasteiger partial charge in [-0.05, 0) is 28.8 Å². The van der Waals surface area contributed by atoms with Gasteiger partial charge in [-0.1, -0.05) is 59.9 Å². The topological polar surface area (TPSA) is 20.2 Å². The number of hydrogen-bond donors (Lipinski definition) is 0. The van der Waals surface area contributed by atoms with Crippen LogP contribution in [0, 0.1) is 0 Å². The quantitative estimate of drug-likeness (QED) is 0.489. The minimum Gasteiger partial charge on any atom is -0.378 e. The molecule has 26 heavy (non-hydrogen) atoms. The van der Waals surface area contributed by atoms with Crippen LogP contribution in [0.15, 0.2) is 72.2 Å². The highest BCUT2D eigenvalue weighted by atomic mass is 32.1. The van der Waals surface area contributed by atoms with Crippen LogP contribution in [-0.2, 0) is 0 Å². The van der Waals surface area contributed by atoms with Crippen LogP contribution in [0.5, 0.6) is 0 Å². The number of benzene rings is 2. The first-order valence-corrected chi connectivity index (χ1v) is 9.39. The van der Waals surface area contributed by atoms with Gasteiger partial charge in [0, 0.05) is 36.8 Å². The Morgan fingerprint density at radius 3 is 2.46 bits per heavy atom. The fourth-order valence-corrected chi connectivity index (χ4v) is 3.61. The zero-order valence-electron chi connectivity index (χ0n) is 14.8. The second kappa shape index (κ2) is 7.10. The van der Waals surface area contributed by atoms with Crippen molar-refractivity contribution in [3.8, 4) is 11.3 Å². The van der Waals surface area contributed by atoms with Crippen molar-refractivity contribution in [1.29, 1.82) is 0 Å². The number of thiazole rings is 1. The molecule has 0 bridgehead atoms. The largest absolute Gasteiger partial charge is 0.387 e. The van der Waals surface area contributed by atoms with E-state index in [-0.39, 0.29) is 0 Å². The summed E-state index contributed by atoms with van der Waals surface area (Å²) < 4.78 is 2.14. The fraction of sp³-hybridized carbons (Fsp3) is 0.0909. The van der Waals surface area contributed by atoms with Crippen LogP contribution >= 0.6 is 11.3 Å². The average molecular weight is 358 g/mol. The van der Waals surface area contributed by atoms with E-state index in [0.29, 0.717) is 0 Å². The van der Waals surface area contributed by atoms with E-state index in [1.807, 2.05) is 20.2 Å². The number of rotatable bonds is 4. The lowest BCUT2D eigenvalue weighted by atomic mass is 10.1. The summed E-state index contributed by atoms with van der Waals surface area (Å²) in [5.41, 5.74) is 5.66. The highest BCUT2D eigenvalue weighted by Gasteiger charge is 2.15. The highest BCUT2D eigenvalue weighted by Crippen LogP contribution is 2.20. The van der Waals surface area contributed by atoms with E-state index in [9.17, 15) is 0 Å². The second-order valence-corrected chi connectivity index (χ2v) is 7.18. The van der Waals surface area contributed by atoms with E-state index < -0.39 is 0 Å². The first kappa shape index (κ1) is 16.5. The first-order chi connectivity index (χ1) is 12.7. The third-order valence-corrected chi connectivity index (χ3v) is 5.04. The van der Waals surface area contributed by atoms with E-state index in [0.717, 1.165) is 21.9 Å². The zero-order valence-corrected chi connectivity index (χ0v) is 15.6. The van der Waals surface area contributed by atoms with E-state index >= 15 is 0 Å². The third-order valence-electron chi connectivity index (χ3n) is 4.28. The number of fused-ring (bicyclic) bond motifs is 1. The van der Waals surface area contributed by atoms with Crippen molar-refractivity contribution < 1.29 is 4.40 Å². The molecule has 0 saturated heterocycles. The Morgan fingerprint density at radius 1 is 0.962 bits per heavy atom. The molecule has 0 atom stereocenters. The van der Waals surface area contributed by atoms with Gasteiger partial charge in [0.25, 0.3) is 0 Å². The van der Waals surface area contributed by atoms with Crippen molar-refractivity contribution in [1.82, 2.24) is 4.98 Å². The van der Waals surface area contributed by atoms with Crippen molar-refractivity contribution in [2.24, 2.45) is 0 Å². The highest BCUT2D eigenvalue weighted by molar-refractivity contribution is 7.14. The molecule has 0 N–H and O–H groups in total. The molecule has 0 saturated carbocycles. The second-order valence-electron chi connectivity index (χ2n) is 6.31. The first-order valence-electron chi connectivity index (χ1n) is 8.51. The van der Waals surface area contributed by atoms with Gasteiger partial charge in [0.15, 0.2) is 5.69 Å². The lowest BCUT2D eigenvalue weighted by Crippen LogP contribution is -2.22. The monoisotopic (exact) mass is 358 g/mol. The summed E-state index contributed by atoms with van der Waals surface area (Å²) in [5, 5.41) is 2.07. The van der Waals surface area contributed by atoms with E-state index in [2.05, 4.69) is 87.6 Å². The summed E-state index contributed by atoms with van der Waals surface area (Å²) >= 11 is 1.65. The summed E-state index contributed by atoms with van der Waals surface area (Å²) in [6.07, 6.45) is 6.26. The van der Waals surface area contributed by atoms with Gasteiger partial charge >= 0.3 is 4.96 Å². The molecule has 128 valence electrons. The van der Waals surface area contributed by atoms with Gasteiger partial charge in [-0.15, -0.1) is 0 Å². The minimum atomic E-state index is 0.961. The maximum absolute atomic E-state index is 4.77. The van der Waals surface area contributed by atoms with Crippen LogP contribution in [0.1, 0.15) is 11.3 Å². The summed E-state index contributed by atoms with van der Waals surface area (Å²) in [6.45, 7) is 0. The Morgan fingerprint density at radius 2 is 1.73 bits per heavy atom. The minimum absolute atomic E-state index is 0.961. The lowest BCUT2D eigenvalue weighted by Gasteiger charge is -2.11. The molecule has 2 aromatic heterocycles. The van der Waals surface area contributed by atoms with Crippen LogP contribution < -0.4 is 9.30 Å². The Bertz CT molecular complexity index is 1050. The van der Waals surface area contributed by atoms with Crippen molar-refractivity contribution in [3.05, 3.63) is 83.5 Å². The van der Waals surface area contributed by atoms with Gasteiger partial charge in [0.05, 0.1) is 0 Å². The molecule has 4 aromatic rings. The van der Waals surface area contributed by atoms with Crippen LogP contribution in [0.2, 0.25) is 0 Å². The summed E-state index contributed by atoms with van der Waals surface area (Å²) in [5.74, 6) is 0. The summed E-state index contributed by atoms with van der Waals surface area (Å²) in [7, 11) is 4.10. The molecule has 2 heterocycles. The number of hydrogen-bond acceptors (Lipinski definition) is 3. The standard InChI is InChI=1S/C22H20N3S/c1-24(2)20-12-9-17(10-13-20)8-11-19-16-21(18-6-4-3-5-7-18)25-14-15-26-22(25)23-19/h3-16H,1-2H3/q+1. The fourth-order valence-electron chi connectivity index (χ4n) is 2.87. The molecule has 0 amide bonds. The smallest absolute Gasteiger partial charge is 0.378 e. The van der Waals surface area contributed by atoms with Crippen molar-refractivity contribution in [2.45, 2.75) is 0 Å².